The van der Waals surface area contributed by atoms with Gasteiger partial charge in [-0.05, 0) is 37.1 Å². The van der Waals surface area contributed by atoms with Crippen molar-refractivity contribution in [2.45, 2.75) is 31.2 Å². The van der Waals surface area contributed by atoms with Crippen LogP contribution in [-0.4, -0.2) is 17.3 Å². The summed E-state index contributed by atoms with van der Waals surface area (Å²) in [5, 5.41) is 4.05. The molecule has 1 aromatic carbocycles. The Morgan fingerprint density at radius 2 is 1.89 bits per heavy atom. The van der Waals surface area contributed by atoms with E-state index < -0.39 is 5.54 Å². The molecule has 0 aliphatic heterocycles. The van der Waals surface area contributed by atoms with E-state index in [4.69, 9.17) is 15.0 Å². The smallest absolute Gasteiger partial charge is 0.257 e. The van der Waals surface area contributed by atoms with E-state index in [1.165, 1.54) is 0 Å². The Kier molecular flexibility index (Phi) is 2.98. The number of ether oxygens (including phenoxy) is 1. The Balaban J connectivity index is 1.87. The molecule has 2 aromatic rings. The molecular formula is C14H17N3O2. The maximum absolute atomic E-state index is 6.31. The molecule has 0 unspecified atom stereocenters. The molecule has 0 saturated heterocycles. The molecule has 3 rings (SSSR count). The van der Waals surface area contributed by atoms with Crippen LogP contribution in [-0.2, 0) is 5.54 Å². The van der Waals surface area contributed by atoms with E-state index in [9.17, 15) is 0 Å². The maximum atomic E-state index is 6.31. The van der Waals surface area contributed by atoms with Crippen molar-refractivity contribution in [2.75, 3.05) is 7.11 Å². The number of nitrogens with two attached hydrogens (primary N) is 1. The number of rotatable bonds is 3. The zero-order chi connectivity index (χ0) is 13.3. The summed E-state index contributed by atoms with van der Waals surface area (Å²) in [6.45, 7) is 0. The highest BCUT2D eigenvalue weighted by atomic mass is 16.5. The average molecular weight is 259 g/mol. The fourth-order valence-electron chi connectivity index (χ4n) is 2.51. The second-order valence-electron chi connectivity index (χ2n) is 5.01. The van der Waals surface area contributed by atoms with Crippen LogP contribution in [0.25, 0.3) is 11.5 Å². The minimum atomic E-state index is -0.409. The second-order valence-corrected chi connectivity index (χ2v) is 5.01. The lowest BCUT2D eigenvalue weighted by Gasteiger charge is -2.17. The second kappa shape index (κ2) is 4.66. The third kappa shape index (κ3) is 2.21. The predicted octanol–water partition coefficient (Wildman–Crippen LogP) is 2.47. The Bertz CT molecular complexity index is 556. The summed E-state index contributed by atoms with van der Waals surface area (Å²) in [5.41, 5.74) is 6.78. The number of aromatic nitrogens is 2. The number of benzene rings is 1. The summed E-state index contributed by atoms with van der Waals surface area (Å²) in [6.07, 6.45) is 4.11. The van der Waals surface area contributed by atoms with Crippen LogP contribution in [0.3, 0.4) is 0 Å². The molecular weight excluding hydrogens is 242 g/mol. The summed E-state index contributed by atoms with van der Waals surface area (Å²) in [7, 11) is 1.64. The van der Waals surface area contributed by atoms with Crippen LogP contribution in [0.2, 0.25) is 0 Å². The molecule has 5 heteroatoms. The first-order valence-electron chi connectivity index (χ1n) is 6.49. The molecule has 0 spiro atoms. The molecule has 19 heavy (non-hydrogen) atoms. The Hall–Kier alpha value is -1.88. The van der Waals surface area contributed by atoms with Gasteiger partial charge in [0.05, 0.1) is 12.6 Å². The first-order chi connectivity index (χ1) is 9.21. The van der Waals surface area contributed by atoms with Gasteiger partial charge in [-0.25, -0.2) is 0 Å². The molecule has 2 N–H and O–H groups in total. The van der Waals surface area contributed by atoms with E-state index >= 15 is 0 Å². The fraction of sp³-hybridized carbons (Fsp3) is 0.429. The fourth-order valence-corrected chi connectivity index (χ4v) is 2.51. The minimum Gasteiger partial charge on any atom is -0.497 e. The van der Waals surface area contributed by atoms with Crippen LogP contribution in [0.5, 0.6) is 5.75 Å². The lowest BCUT2D eigenvalue weighted by molar-refractivity contribution is 0.372. The standard InChI is InChI=1S/C14H17N3O2/c1-18-11-6-4-10(5-7-11)12-16-13(17-19-12)14(15)8-2-3-9-14/h4-7H,2-3,8-9,15H2,1H3. The molecule has 0 bridgehead atoms. The highest BCUT2D eigenvalue weighted by molar-refractivity contribution is 5.54. The Morgan fingerprint density at radius 3 is 2.53 bits per heavy atom. The van der Waals surface area contributed by atoms with E-state index in [1.54, 1.807) is 7.11 Å². The zero-order valence-corrected chi connectivity index (χ0v) is 10.9. The van der Waals surface area contributed by atoms with Crippen LogP contribution in [0, 0.1) is 0 Å². The van der Waals surface area contributed by atoms with Crippen molar-refractivity contribution in [1.82, 2.24) is 10.1 Å². The lowest BCUT2D eigenvalue weighted by Crippen LogP contribution is -2.34. The third-order valence-electron chi connectivity index (χ3n) is 3.70. The highest BCUT2D eigenvalue weighted by Crippen LogP contribution is 2.35. The predicted molar refractivity (Wildman–Crippen MR) is 70.6 cm³/mol. The van der Waals surface area contributed by atoms with Crippen LogP contribution in [0.1, 0.15) is 31.5 Å². The van der Waals surface area contributed by atoms with E-state index in [-0.39, 0.29) is 0 Å². The lowest BCUT2D eigenvalue weighted by atomic mass is 9.99. The van der Waals surface area contributed by atoms with Crippen molar-refractivity contribution in [2.24, 2.45) is 5.73 Å². The number of hydrogen-bond donors (Lipinski definition) is 1. The molecule has 1 aliphatic carbocycles. The van der Waals surface area contributed by atoms with Gasteiger partial charge in [-0.1, -0.05) is 18.0 Å². The number of hydrogen-bond acceptors (Lipinski definition) is 5. The molecule has 0 radical (unpaired) electrons. The number of methoxy groups -OCH3 is 1. The molecule has 1 aromatic heterocycles. The molecule has 1 heterocycles. The molecule has 0 atom stereocenters. The first-order valence-corrected chi connectivity index (χ1v) is 6.49. The topological polar surface area (TPSA) is 74.2 Å². The van der Waals surface area contributed by atoms with Crippen molar-refractivity contribution < 1.29 is 9.26 Å². The SMILES string of the molecule is COc1ccc(-c2nc(C3(N)CCCC3)no2)cc1. The van der Waals surface area contributed by atoms with Gasteiger partial charge in [-0.3, -0.25) is 0 Å². The monoisotopic (exact) mass is 259 g/mol. The molecule has 1 aliphatic rings. The Morgan fingerprint density at radius 1 is 1.21 bits per heavy atom. The van der Waals surface area contributed by atoms with Gasteiger partial charge in [0.1, 0.15) is 5.75 Å². The molecule has 100 valence electrons. The maximum Gasteiger partial charge on any atom is 0.257 e. The third-order valence-corrected chi connectivity index (χ3v) is 3.70. The molecule has 1 saturated carbocycles. The van der Waals surface area contributed by atoms with E-state index in [1.807, 2.05) is 24.3 Å². The van der Waals surface area contributed by atoms with Crippen LogP contribution in [0.15, 0.2) is 28.8 Å². The van der Waals surface area contributed by atoms with Gasteiger partial charge in [-0.15, -0.1) is 0 Å². The molecule has 5 nitrogen and oxygen atoms in total. The van der Waals surface area contributed by atoms with Crippen molar-refractivity contribution in [3.8, 4) is 17.2 Å². The highest BCUT2D eigenvalue weighted by Gasteiger charge is 2.36. The van der Waals surface area contributed by atoms with Crippen molar-refractivity contribution in [3.63, 3.8) is 0 Å². The summed E-state index contributed by atoms with van der Waals surface area (Å²) in [5.74, 6) is 1.93. The largest absolute Gasteiger partial charge is 0.497 e. The first kappa shape index (κ1) is 12.2. The molecule has 0 amide bonds. The van der Waals surface area contributed by atoms with Gasteiger partial charge >= 0.3 is 0 Å². The van der Waals surface area contributed by atoms with E-state index in [2.05, 4.69) is 10.1 Å². The van der Waals surface area contributed by atoms with Crippen LogP contribution >= 0.6 is 0 Å². The normalized spacial score (nSPS) is 17.6. The summed E-state index contributed by atoms with van der Waals surface area (Å²) in [4.78, 5) is 4.45. The van der Waals surface area contributed by atoms with E-state index in [0.717, 1.165) is 37.0 Å². The van der Waals surface area contributed by atoms with Gasteiger partial charge in [-0.2, -0.15) is 4.98 Å². The van der Waals surface area contributed by atoms with Crippen molar-refractivity contribution >= 4 is 0 Å². The molecule has 1 fully saturated rings. The average Bonchev–Trinajstić information content (AvgIpc) is 3.08. The zero-order valence-electron chi connectivity index (χ0n) is 10.9. The van der Waals surface area contributed by atoms with Crippen LogP contribution < -0.4 is 10.5 Å². The van der Waals surface area contributed by atoms with Crippen molar-refractivity contribution in [1.29, 1.82) is 0 Å². The van der Waals surface area contributed by atoms with Gasteiger partial charge in [0, 0.05) is 5.56 Å². The van der Waals surface area contributed by atoms with Gasteiger partial charge < -0.3 is 15.0 Å². The quantitative estimate of drug-likeness (QED) is 0.916. The Labute approximate surface area is 111 Å². The summed E-state index contributed by atoms with van der Waals surface area (Å²) >= 11 is 0. The summed E-state index contributed by atoms with van der Waals surface area (Å²) < 4.78 is 10.4. The summed E-state index contributed by atoms with van der Waals surface area (Å²) in [6, 6.07) is 7.53. The van der Waals surface area contributed by atoms with Gasteiger partial charge in [0.15, 0.2) is 5.82 Å². The van der Waals surface area contributed by atoms with Gasteiger partial charge in [0.2, 0.25) is 0 Å². The van der Waals surface area contributed by atoms with E-state index in [0.29, 0.717) is 11.7 Å². The van der Waals surface area contributed by atoms with Gasteiger partial charge in [0.25, 0.3) is 5.89 Å². The van der Waals surface area contributed by atoms with Crippen LogP contribution in [0.4, 0.5) is 0 Å². The number of nitrogens with zero attached hydrogens (tertiary/aromatic N) is 2. The minimum absolute atomic E-state index is 0.409. The van der Waals surface area contributed by atoms with Crippen molar-refractivity contribution in [3.05, 3.63) is 30.1 Å².